The molecule has 3 aromatic rings. The van der Waals surface area contributed by atoms with Gasteiger partial charge in [-0.15, -0.1) is 0 Å². The Morgan fingerprint density at radius 3 is 2.81 bits per heavy atom. The lowest BCUT2D eigenvalue weighted by atomic mass is 10.0. The predicted molar refractivity (Wildman–Crippen MR) is 99.2 cm³/mol. The number of pyridine rings is 1. The monoisotopic (exact) mass is 348 g/mol. The Morgan fingerprint density at radius 1 is 1.15 bits per heavy atom. The second-order valence-corrected chi connectivity index (χ2v) is 6.17. The highest BCUT2D eigenvalue weighted by molar-refractivity contribution is 5.90. The van der Waals surface area contributed by atoms with Gasteiger partial charge in [-0.25, -0.2) is 4.79 Å². The molecule has 1 N–H and O–H groups in total. The molecule has 4 rings (SSSR count). The number of anilines is 1. The number of carbonyl (C=O) groups excluding carboxylic acids is 1. The zero-order chi connectivity index (χ0) is 17.9. The Morgan fingerprint density at radius 2 is 2.00 bits per heavy atom. The van der Waals surface area contributed by atoms with E-state index in [1.54, 1.807) is 19.5 Å². The lowest BCUT2D eigenvalue weighted by Gasteiger charge is -2.37. The number of nitrogens with zero attached hydrogens (tertiary/aromatic N) is 3. The topological polar surface area (TPSA) is 59.4 Å². The van der Waals surface area contributed by atoms with Crippen LogP contribution in [0.4, 0.5) is 10.5 Å². The van der Waals surface area contributed by atoms with Crippen molar-refractivity contribution in [2.75, 3.05) is 19.0 Å². The van der Waals surface area contributed by atoms with Crippen LogP contribution in [0.3, 0.4) is 0 Å². The van der Waals surface area contributed by atoms with Gasteiger partial charge in [0, 0.05) is 49.1 Å². The maximum Gasteiger partial charge on any atom is 0.322 e. The normalized spacial score (nSPS) is 16.0. The lowest BCUT2D eigenvalue weighted by molar-refractivity contribution is 0.182. The summed E-state index contributed by atoms with van der Waals surface area (Å²) in [6.45, 7) is 1.40. The second kappa shape index (κ2) is 6.92. The van der Waals surface area contributed by atoms with Crippen LogP contribution in [-0.4, -0.2) is 34.1 Å². The predicted octanol–water partition coefficient (Wildman–Crippen LogP) is 3.53. The number of urea groups is 1. The molecule has 2 aromatic heterocycles. The number of hydrogen-bond acceptors (Lipinski definition) is 3. The Hall–Kier alpha value is -3.28. The summed E-state index contributed by atoms with van der Waals surface area (Å²) in [5.74, 6) is 0.709. The van der Waals surface area contributed by atoms with E-state index in [-0.39, 0.29) is 12.1 Å². The minimum atomic E-state index is -0.146. The molecule has 6 nitrogen and oxygen atoms in total. The third-order valence-corrected chi connectivity index (χ3v) is 4.64. The first kappa shape index (κ1) is 16.2. The van der Waals surface area contributed by atoms with E-state index >= 15 is 0 Å². The number of amides is 2. The molecule has 0 saturated carbocycles. The number of methoxy groups -OCH3 is 1. The van der Waals surface area contributed by atoms with E-state index < -0.39 is 0 Å². The fourth-order valence-electron chi connectivity index (χ4n) is 3.39. The Kier molecular flexibility index (Phi) is 4.31. The van der Waals surface area contributed by atoms with E-state index in [4.69, 9.17) is 4.74 Å². The number of rotatable bonds is 3. The summed E-state index contributed by atoms with van der Waals surface area (Å²) in [5, 5.41) is 2.99. The molecule has 1 aliphatic rings. The van der Waals surface area contributed by atoms with Crippen molar-refractivity contribution in [2.45, 2.75) is 12.6 Å². The quantitative estimate of drug-likeness (QED) is 0.788. The number of carbonyl (C=O) groups is 1. The van der Waals surface area contributed by atoms with Crippen molar-refractivity contribution in [1.82, 2.24) is 14.5 Å². The van der Waals surface area contributed by atoms with Crippen LogP contribution in [0.2, 0.25) is 0 Å². The van der Waals surface area contributed by atoms with E-state index in [1.807, 2.05) is 47.4 Å². The summed E-state index contributed by atoms with van der Waals surface area (Å²) >= 11 is 0. The van der Waals surface area contributed by atoms with Gasteiger partial charge >= 0.3 is 6.03 Å². The average molecular weight is 348 g/mol. The molecular formula is C20H20N4O2. The zero-order valence-corrected chi connectivity index (χ0v) is 14.5. The molecule has 1 aliphatic heterocycles. The van der Waals surface area contributed by atoms with Crippen molar-refractivity contribution in [3.8, 4) is 5.75 Å². The summed E-state index contributed by atoms with van der Waals surface area (Å²) in [6, 6.07) is 15.1. The first-order valence-electron chi connectivity index (χ1n) is 8.53. The van der Waals surface area contributed by atoms with Crippen LogP contribution in [0.15, 0.2) is 67.1 Å². The van der Waals surface area contributed by atoms with E-state index in [9.17, 15) is 4.79 Å². The number of aromatic nitrogens is 2. The van der Waals surface area contributed by atoms with E-state index in [2.05, 4.69) is 27.1 Å². The van der Waals surface area contributed by atoms with Crippen LogP contribution < -0.4 is 10.1 Å². The van der Waals surface area contributed by atoms with Crippen molar-refractivity contribution in [2.24, 2.45) is 0 Å². The zero-order valence-electron chi connectivity index (χ0n) is 14.5. The lowest BCUT2D eigenvalue weighted by Crippen LogP contribution is -2.44. The molecular weight excluding hydrogens is 328 g/mol. The largest absolute Gasteiger partial charge is 0.497 e. The van der Waals surface area contributed by atoms with Gasteiger partial charge in [-0.2, -0.15) is 0 Å². The second-order valence-electron chi connectivity index (χ2n) is 6.17. The molecule has 1 unspecified atom stereocenters. The van der Waals surface area contributed by atoms with E-state index in [0.29, 0.717) is 18.0 Å². The van der Waals surface area contributed by atoms with Crippen LogP contribution in [0.5, 0.6) is 5.75 Å². The molecule has 26 heavy (non-hydrogen) atoms. The minimum absolute atomic E-state index is 0.132. The SMILES string of the molecule is COc1cccc(NC(=O)N2CCn3cccc3C2c2ccncc2)c1. The molecule has 1 atom stereocenters. The third kappa shape index (κ3) is 3.01. The molecule has 0 radical (unpaired) electrons. The van der Waals surface area contributed by atoms with Crippen LogP contribution in [0.1, 0.15) is 17.3 Å². The maximum absolute atomic E-state index is 13.0. The first-order chi connectivity index (χ1) is 12.8. The minimum Gasteiger partial charge on any atom is -0.497 e. The van der Waals surface area contributed by atoms with Gasteiger partial charge in [-0.1, -0.05) is 6.07 Å². The number of ether oxygens (including phenoxy) is 1. The number of nitrogens with one attached hydrogen (secondary N) is 1. The van der Waals surface area contributed by atoms with Crippen molar-refractivity contribution in [3.63, 3.8) is 0 Å². The summed E-state index contributed by atoms with van der Waals surface area (Å²) in [4.78, 5) is 19.0. The molecule has 0 spiro atoms. The third-order valence-electron chi connectivity index (χ3n) is 4.64. The highest BCUT2D eigenvalue weighted by Gasteiger charge is 2.32. The summed E-state index contributed by atoms with van der Waals surface area (Å²) in [6.07, 6.45) is 5.57. The fourth-order valence-corrected chi connectivity index (χ4v) is 3.39. The molecule has 2 amide bonds. The molecule has 3 heterocycles. The average Bonchev–Trinajstić information content (AvgIpc) is 3.16. The van der Waals surface area contributed by atoms with Crippen LogP contribution in [0, 0.1) is 0 Å². The van der Waals surface area contributed by atoms with Crippen molar-refractivity contribution in [1.29, 1.82) is 0 Å². The van der Waals surface area contributed by atoms with Crippen molar-refractivity contribution < 1.29 is 9.53 Å². The summed E-state index contributed by atoms with van der Waals surface area (Å²) < 4.78 is 7.43. The summed E-state index contributed by atoms with van der Waals surface area (Å²) in [7, 11) is 1.61. The molecule has 132 valence electrons. The molecule has 6 heteroatoms. The highest BCUT2D eigenvalue weighted by atomic mass is 16.5. The van der Waals surface area contributed by atoms with Gasteiger partial charge < -0.3 is 19.5 Å². The van der Waals surface area contributed by atoms with E-state index in [1.165, 1.54) is 0 Å². The molecule has 1 aromatic carbocycles. The highest BCUT2D eigenvalue weighted by Crippen LogP contribution is 2.32. The van der Waals surface area contributed by atoms with Crippen molar-refractivity contribution in [3.05, 3.63) is 78.4 Å². The fraction of sp³-hybridized carbons (Fsp3) is 0.200. The van der Waals surface area contributed by atoms with Gasteiger partial charge in [0.15, 0.2) is 0 Å². The Labute approximate surface area is 152 Å². The molecule has 0 fully saturated rings. The number of fused-ring (bicyclic) bond motifs is 1. The van der Waals surface area contributed by atoms with Crippen molar-refractivity contribution >= 4 is 11.7 Å². The smallest absolute Gasteiger partial charge is 0.322 e. The maximum atomic E-state index is 13.0. The molecule has 0 aliphatic carbocycles. The van der Waals surface area contributed by atoms with Gasteiger partial charge in [-0.05, 0) is 42.0 Å². The van der Waals surface area contributed by atoms with Crippen LogP contribution in [0.25, 0.3) is 0 Å². The Balaban J connectivity index is 1.64. The number of benzene rings is 1. The number of hydrogen-bond donors (Lipinski definition) is 1. The van der Waals surface area contributed by atoms with E-state index in [0.717, 1.165) is 17.8 Å². The standard InChI is InChI=1S/C20H20N4O2/c1-26-17-5-2-4-16(14-17)22-20(25)24-13-12-23-11-3-6-18(23)19(24)15-7-9-21-10-8-15/h2-11,14,19H,12-13H2,1H3,(H,22,25). The first-order valence-corrected chi connectivity index (χ1v) is 8.53. The van der Waals surface area contributed by atoms with Gasteiger partial charge in [0.2, 0.25) is 0 Å². The Bertz CT molecular complexity index is 907. The van der Waals surface area contributed by atoms with Gasteiger partial charge in [0.05, 0.1) is 13.2 Å². The van der Waals surface area contributed by atoms with Crippen LogP contribution in [-0.2, 0) is 6.54 Å². The molecule has 0 saturated heterocycles. The summed E-state index contributed by atoms with van der Waals surface area (Å²) in [5.41, 5.74) is 2.85. The van der Waals surface area contributed by atoms with Crippen LogP contribution >= 0.6 is 0 Å². The van der Waals surface area contributed by atoms with Gasteiger partial charge in [0.25, 0.3) is 0 Å². The molecule has 0 bridgehead atoms. The van der Waals surface area contributed by atoms with Gasteiger partial charge in [-0.3, -0.25) is 4.98 Å². The van der Waals surface area contributed by atoms with Gasteiger partial charge in [0.1, 0.15) is 5.75 Å².